The van der Waals surface area contributed by atoms with Gasteiger partial charge in [0.05, 0.1) is 35.4 Å². The van der Waals surface area contributed by atoms with Gasteiger partial charge in [0, 0.05) is 46.5 Å². The molecule has 0 fully saturated rings. The number of aromatic hydroxyl groups is 5. The van der Waals surface area contributed by atoms with Gasteiger partial charge in [-0.1, -0.05) is 84.9 Å². The van der Waals surface area contributed by atoms with Gasteiger partial charge >= 0.3 is 0 Å². The molecule has 9 rings (SSSR count). The van der Waals surface area contributed by atoms with Gasteiger partial charge in [0.15, 0.2) is 11.5 Å². The zero-order chi connectivity index (χ0) is 45.7. The number of hydrogen-bond donors (Lipinski definition) is 6. The Morgan fingerprint density at radius 3 is 1.45 bits per heavy atom. The first kappa shape index (κ1) is 44.2. The highest BCUT2D eigenvalue weighted by atomic mass is 16.7. The van der Waals surface area contributed by atoms with Crippen LogP contribution in [0, 0.1) is 9.93 Å². The van der Waals surface area contributed by atoms with Gasteiger partial charge in [-0.05, 0) is 95.1 Å². The van der Waals surface area contributed by atoms with Crippen LogP contribution < -0.4 is 5.32 Å². The van der Waals surface area contributed by atoms with E-state index in [1.165, 1.54) is 0 Å². The first-order chi connectivity index (χ1) is 31.6. The number of phenolic OH excluding ortho intramolecular Hbond substituents is 4. The number of carbonyl (C=O) groups excluding carboxylic acids is 1. The quantitative estimate of drug-likeness (QED) is 0.0717. The maximum atomic E-state index is 12.6. The monoisotopic (exact) mass is 866 g/mol. The number of imidazole rings is 1. The highest BCUT2D eigenvalue weighted by Crippen LogP contribution is 2.30. The minimum atomic E-state index is -0.216. The Balaban J connectivity index is 0.000000187. The van der Waals surface area contributed by atoms with Crippen LogP contribution in [0.25, 0.3) is 28.2 Å². The van der Waals surface area contributed by atoms with Crippen molar-refractivity contribution in [3.8, 4) is 51.4 Å². The second-order valence-electron chi connectivity index (χ2n) is 14.9. The van der Waals surface area contributed by atoms with E-state index in [0.29, 0.717) is 53.5 Å². The molecule has 6 N–H and O–H groups in total. The lowest BCUT2D eigenvalue weighted by Gasteiger charge is -2.12. The molecule has 0 aliphatic rings. The van der Waals surface area contributed by atoms with Crippen LogP contribution in [0.2, 0.25) is 0 Å². The highest BCUT2D eigenvalue weighted by Gasteiger charge is 2.19. The molecule has 65 heavy (non-hydrogen) atoms. The normalized spacial score (nSPS) is 10.6. The van der Waals surface area contributed by atoms with E-state index in [9.17, 15) is 30.3 Å². The van der Waals surface area contributed by atoms with Gasteiger partial charge in [-0.2, -0.15) is 0 Å². The molecule has 14 heteroatoms. The molecule has 14 nitrogen and oxygen atoms in total. The summed E-state index contributed by atoms with van der Waals surface area (Å²) in [7, 11) is 0. The van der Waals surface area contributed by atoms with Crippen molar-refractivity contribution in [2.75, 3.05) is 5.32 Å². The minimum absolute atomic E-state index is 0.0600. The minimum Gasteiger partial charge on any atom is -0.508 e. The maximum Gasteiger partial charge on any atom is 0.229 e. The second kappa shape index (κ2) is 20.8. The summed E-state index contributed by atoms with van der Waals surface area (Å²) < 4.78 is 1.67. The number of benzene rings is 6. The number of nitrogens with one attached hydrogen (secondary N) is 1. The second-order valence-corrected chi connectivity index (χ2v) is 14.9. The number of hydrogen-bond acceptors (Lipinski definition) is 12. The molecule has 0 atom stereocenters. The number of carbonyl (C=O) groups is 1. The molecule has 324 valence electrons. The number of rotatable bonds is 11. The lowest BCUT2D eigenvalue weighted by molar-refractivity contribution is -0.115. The van der Waals surface area contributed by atoms with Crippen LogP contribution in [-0.2, 0) is 30.5 Å². The summed E-state index contributed by atoms with van der Waals surface area (Å²) in [5.74, 6) is 0.970. The van der Waals surface area contributed by atoms with Crippen LogP contribution >= 0.6 is 0 Å². The molecular formula is C51H42N6O8. The van der Waals surface area contributed by atoms with Gasteiger partial charge in [-0.25, -0.2) is 19.9 Å². The predicted molar refractivity (Wildman–Crippen MR) is 247 cm³/mol. The Morgan fingerprint density at radius 2 is 0.908 bits per heavy atom. The Morgan fingerprint density at radius 1 is 0.477 bits per heavy atom. The first-order valence-corrected chi connectivity index (χ1v) is 20.3. The van der Waals surface area contributed by atoms with Crippen molar-refractivity contribution in [3.05, 3.63) is 219 Å². The first-order valence-electron chi connectivity index (χ1n) is 20.3. The number of amides is 1. The molecule has 0 unspecified atom stereocenters. The van der Waals surface area contributed by atoms with Crippen molar-refractivity contribution >= 4 is 17.4 Å². The summed E-state index contributed by atoms with van der Waals surface area (Å²) in [5, 5.41) is 52.0. The smallest absolute Gasteiger partial charge is 0.229 e. The lowest BCUT2D eigenvalue weighted by Crippen LogP contribution is -2.17. The van der Waals surface area contributed by atoms with Crippen LogP contribution in [0.3, 0.4) is 0 Å². The van der Waals surface area contributed by atoms with E-state index in [-0.39, 0.29) is 41.2 Å². The summed E-state index contributed by atoms with van der Waals surface area (Å²) in [6, 6.07) is 46.8. The number of anilines is 1. The van der Waals surface area contributed by atoms with Crippen molar-refractivity contribution in [1.29, 1.82) is 0 Å². The third-order valence-corrected chi connectivity index (χ3v) is 10.2. The number of nitrogens with zero attached hydrogens (tertiary/aromatic N) is 5. The van der Waals surface area contributed by atoms with E-state index in [1.807, 2.05) is 72.8 Å². The molecular weight excluding hydrogens is 825 g/mol. The molecule has 0 radical (unpaired) electrons. The average Bonchev–Trinajstić information content (AvgIpc) is 3.64. The summed E-state index contributed by atoms with van der Waals surface area (Å²) in [4.78, 5) is 45.4. The van der Waals surface area contributed by atoms with Crippen LogP contribution in [0.1, 0.15) is 39.3 Å². The van der Waals surface area contributed by atoms with E-state index < -0.39 is 0 Å². The van der Waals surface area contributed by atoms with Crippen molar-refractivity contribution in [1.82, 2.24) is 24.3 Å². The van der Waals surface area contributed by atoms with Crippen LogP contribution in [-0.4, -0.2) is 55.8 Å². The maximum absolute atomic E-state index is 12.6. The third kappa shape index (κ3) is 11.5. The van der Waals surface area contributed by atoms with E-state index in [0.717, 1.165) is 39.1 Å². The number of aromatic nitrogens is 5. The highest BCUT2D eigenvalue weighted by molar-refractivity contribution is 5.92. The number of phenols is 4. The van der Waals surface area contributed by atoms with Gasteiger partial charge in [-0.15, -0.1) is 0 Å². The van der Waals surface area contributed by atoms with E-state index in [2.05, 4.69) is 10.3 Å². The van der Waals surface area contributed by atoms with Crippen molar-refractivity contribution in [2.45, 2.75) is 25.7 Å². The van der Waals surface area contributed by atoms with E-state index in [4.69, 9.17) is 24.9 Å². The van der Waals surface area contributed by atoms with Gasteiger partial charge < -0.3 is 30.8 Å². The van der Waals surface area contributed by atoms with Crippen molar-refractivity contribution < 1.29 is 30.3 Å². The van der Waals surface area contributed by atoms with Crippen LogP contribution in [0.15, 0.2) is 170 Å². The Kier molecular flexibility index (Phi) is 14.1. The van der Waals surface area contributed by atoms with Gasteiger partial charge in [0.25, 0.3) is 0 Å². The van der Waals surface area contributed by atoms with E-state index >= 15 is 0 Å². The molecule has 6 aromatic carbocycles. The SMILES string of the molecule is O=C(Cc1ccc(O)cc1)Nc1ncc(-c2ccc(O)cc2)nc1Cc1ccccc1.O=O.Oc1ccc(Cc2nc3c(Cc4ccccc4)nc(-c4ccc(O)cc4)cn3c2O)cc1. The molecule has 3 heterocycles. The third-order valence-electron chi connectivity index (χ3n) is 10.2. The van der Waals surface area contributed by atoms with Crippen LogP contribution in [0.4, 0.5) is 5.82 Å². The zero-order valence-corrected chi connectivity index (χ0v) is 34.7. The van der Waals surface area contributed by atoms with E-state index in [1.54, 1.807) is 102 Å². The van der Waals surface area contributed by atoms with Crippen LogP contribution in [0.5, 0.6) is 28.9 Å². The molecule has 1 amide bonds. The fourth-order valence-corrected chi connectivity index (χ4v) is 6.94. The molecule has 0 aliphatic heterocycles. The summed E-state index contributed by atoms with van der Waals surface area (Å²) >= 11 is 0. The summed E-state index contributed by atoms with van der Waals surface area (Å²) in [6.45, 7) is 0. The molecule has 0 aliphatic carbocycles. The summed E-state index contributed by atoms with van der Waals surface area (Å²) in [5.41, 5.74) is 9.36. The van der Waals surface area contributed by atoms with Crippen molar-refractivity contribution in [2.24, 2.45) is 0 Å². The number of fused-ring (bicyclic) bond motifs is 1. The Bertz CT molecular complexity index is 2990. The summed E-state index contributed by atoms with van der Waals surface area (Å²) in [6.07, 6.45) is 5.02. The molecule has 0 saturated carbocycles. The fourth-order valence-electron chi connectivity index (χ4n) is 6.94. The molecule has 0 saturated heterocycles. The lowest BCUT2D eigenvalue weighted by atomic mass is 10.1. The molecule has 0 bridgehead atoms. The Labute approximate surface area is 372 Å². The van der Waals surface area contributed by atoms with Crippen molar-refractivity contribution in [3.63, 3.8) is 0 Å². The topological polar surface area (TPSA) is 220 Å². The molecule has 9 aromatic rings. The molecule has 3 aromatic heterocycles. The fraction of sp³-hybridized carbons (Fsp3) is 0.0784. The van der Waals surface area contributed by atoms with Gasteiger partial charge in [0.1, 0.15) is 28.7 Å². The van der Waals surface area contributed by atoms with Gasteiger partial charge in [-0.3, -0.25) is 9.20 Å². The average molecular weight is 867 g/mol. The standard InChI is InChI=1S/C26H21N3O3.C25H21N3O3.O2/c30-20-10-6-18(7-11-20)15-23-26(32)29-16-24(19-8-12-21(31)13-9-19)27-22(25(29)28-23)14-17-4-2-1-3-5-17;29-20-10-6-18(7-11-20)15-24(31)28-25-22(14-17-4-2-1-3-5-17)27-23(16-26-25)19-8-12-21(30)13-9-19;1-2/h1-13,16,30-32H,14-15H2;1-13,16,29-30H,14-15H2,(H,26,28,31);. The molecule has 0 spiro atoms. The predicted octanol–water partition coefficient (Wildman–Crippen LogP) is 9.09. The largest absolute Gasteiger partial charge is 0.508 e. The Hall–Kier alpha value is -8.91. The van der Waals surface area contributed by atoms with Gasteiger partial charge in [0.2, 0.25) is 11.8 Å². The zero-order valence-electron chi connectivity index (χ0n) is 34.7.